The molecule has 6 nitrogen and oxygen atoms in total. The number of hydrogen-bond acceptors (Lipinski definition) is 5. The Bertz CT molecular complexity index is 496. The molecule has 19 heavy (non-hydrogen) atoms. The van der Waals surface area contributed by atoms with E-state index < -0.39 is 9.84 Å². The van der Waals surface area contributed by atoms with Gasteiger partial charge in [0.25, 0.3) is 0 Å². The first kappa shape index (κ1) is 16.1. The zero-order valence-corrected chi connectivity index (χ0v) is 12.7. The molecule has 0 aliphatic carbocycles. The lowest BCUT2D eigenvalue weighted by Gasteiger charge is -2.17. The Labute approximate surface area is 115 Å². The second-order valence-electron chi connectivity index (χ2n) is 4.62. The molecular weight excluding hydrogens is 264 g/mol. The van der Waals surface area contributed by atoms with E-state index >= 15 is 0 Å². The molecule has 0 spiro atoms. The van der Waals surface area contributed by atoms with Crippen LogP contribution in [0.4, 0.5) is 0 Å². The Morgan fingerprint density at radius 3 is 2.68 bits per heavy atom. The minimum atomic E-state index is -2.91. The van der Waals surface area contributed by atoms with Crippen LogP contribution in [-0.2, 0) is 16.4 Å². The van der Waals surface area contributed by atoms with E-state index in [0.717, 1.165) is 17.9 Å². The Morgan fingerprint density at radius 1 is 1.47 bits per heavy atom. The first-order valence-corrected chi connectivity index (χ1v) is 8.46. The smallest absolute Gasteiger partial charge is 0.150 e. The standard InChI is InChI=1S/C12H24N4O2S/c1-4-16-12(9-10(3)15-16)11(14-13)7-6-8-19(17,18)5-2/h9,11,14H,4-8,13H2,1-3H3. The second-order valence-corrected chi connectivity index (χ2v) is 7.10. The summed E-state index contributed by atoms with van der Waals surface area (Å²) in [6, 6.07) is 1.93. The lowest BCUT2D eigenvalue weighted by Crippen LogP contribution is -2.30. The van der Waals surface area contributed by atoms with Gasteiger partial charge in [0.2, 0.25) is 0 Å². The molecular formula is C12H24N4O2S. The maximum Gasteiger partial charge on any atom is 0.150 e. The van der Waals surface area contributed by atoms with E-state index in [9.17, 15) is 8.42 Å². The Morgan fingerprint density at radius 2 is 2.16 bits per heavy atom. The molecule has 0 amide bonds. The fourth-order valence-electron chi connectivity index (χ4n) is 2.07. The Kier molecular flexibility index (Phi) is 5.96. The van der Waals surface area contributed by atoms with Crippen molar-refractivity contribution in [3.63, 3.8) is 0 Å². The van der Waals surface area contributed by atoms with Crippen LogP contribution in [-0.4, -0.2) is 29.7 Å². The third-order valence-corrected chi connectivity index (χ3v) is 4.97. The SMILES string of the molecule is CCn1nc(C)cc1C(CCCS(=O)(=O)CC)NN. The molecule has 0 radical (unpaired) electrons. The normalized spacial score (nSPS) is 13.7. The van der Waals surface area contributed by atoms with E-state index in [1.54, 1.807) is 6.92 Å². The molecule has 0 aliphatic heterocycles. The van der Waals surface area contributed by atoms with Crippen LogP contribution in [0.3, 0.4) is 0 Å². The molecule has 1 rings (SSSR count). The van der Waals surface area contributed by atoms with Crippen LogP contribution in [0.5, 0.6) is 0 Å². The zero-order valence-electron chi connectivity index (χ0n) is 11.9. The summed E-state index contributed by atoms with van der Waals surface area (Å²) in [5.74, 6) is 5.98. The van der Waals surface area contributed by atoms with Gasteiger partial charge >= 0.3 is 0 Å². The fraction of sp³-hybridized carbons (Fsp3) is 0.750. The third-order valence-electron chi connectivity index (χ3n) is 3.18. The Balaban J connectivity index is 2.68. The molecule has 3 N–H and O–H groups in total. The van der Waals surface area contributed by atoms with Gasteiger partial charge in [-0.3, -0.25) is 16.0 Å². The number of hydrazine groups is 1. The summed E-state index contributed by atoms with van der Waals surface area (Å²) in [7, 11) is -2.91. The van der Waals surface area contributed by atoms with Gasteiger partial charge in [0.15, 0.2) is 0 Å². The number of aryl methyl sites for hydroxylation is 2. The van der Waals surface area contributed by atoms with Gasteiger partial charge in [0.05, 0.1) is 23.2 Å². The average Bonchev–Trinajstić information content (AvgIpc) is 2.75. The van der Waals surface area contributed by atoms with E-state index in [-0.39, 0.29) is 17.5 Å². The molecule has 1 unspecified atom stereocenters. The van der Waals surface area contributed by atoms with E-state index in [4.69, 9.17) is 5.84 Å². The van der Waals surface area contributed by atoms with Crippen LogP contribution in [0.1, 0.15) is 44.1 Å². The van der Waals surface area contributed by atoms with Crippen molar-refractivity contribution in [3.05, 3.63) is 17.5 Å². The van der Waals surface area contributed by atoms with E-state index in [1.165, 1.54) is 0 Å². The summed E-state index contributed by atoms with van der Waals surface area (Å²) in [4.78, 5) is 0. The Hall–Kier alpha value is -0.920. The molecule has 0 bridgehead atoms. The number of nitrogens with two attached hydrogens (primary N) is 1. The average molecular weight is 288 g/mol. The maximum absolute atomic E-state index is 11.5. The molecule has 0 fully saturated rings. The topological polar surface area (TPSA) is 90.0 Å². The monoisotopic (exact) mass is 288 g/mol. The highest BCUT2D eigenvalue weighted by atomic mass is 32.2. The van der Waals surface area contributed by atoms with Crippen molar-refractivity contribution in [2.24, 2.45) is 5.84 Å². The number of nitrogens with zero attached hydrogens (tertiary/aromatic N) is 2. The van der Waals surface area contributed by atoms with Crippen molar-refractivity contribution in [2.45, 2.75) is 46.2 Å². The van der Waals surface area contributed by atoms with Crippen molar-refractivity contribution < 1.29 is 8.42 Å². The molecule has 1 aromatic rings. The van der Waals surface area contributed by atoms with Crippen LogP contribution in [0, 0.1) is 6.92 Å². The molecule has 0 saturated carbocycles. The number of nitrogens with one attached hydrogen (secondary N) is 1. The predicted octanol–water partition coefficient (Wildman–Crippen LogP) is 0.931. The van der Waals surface area contributed by atoms with Crippen LogP contribution >= 0.6 is 0 Å². The largest absolute Gasteiger partial charge is 0.271 e. The van der Waals surface area contributed by atoms with Gasteiger partial charge in [0.1, 0.15) is 9.84 Å². The maximum atomic E-state index is 11.5. The van der Waals surface area contributed by atoms with Crippen LogP contribution < -0.4 is 11.3 Å². The molecule has 0 aliphatic rings. The summed E-state index contributed by atoms with van der Waals surface area (Å²) in [6.45, 7) is 6.40. The van der Waals surface area contributed by atoms with Crippen molar-refractivity contribution in [3.8, 4) is 0 Å². The van der Waals surface area contributed by atoms with Crippen LogP contribution in [0.15, 0.2) is 6.07 Å². The highest BCUT2D eigenvalue weighted by Crippen LogP contribution is 2.19. The van der Waals surface area contributed by atoms with E-state index in [2.05, 4.69) is 10.5 Å². The van der Waals surface area contributed by atoms with E-state index in [1.807, 2.05) is 24.6 Å². The van der Waals surface area contributed by atoms with Crippen molar-refractivity contribution >= 4 is 9.84 Å². The van der Waals surface area contributed by atoms with E-state index in [0.29, 0.717) is 12.8 Å². The third kappa shape index (κ3) is 4.59. The highest BCUT2D eigenvalue weighted by molar-refractivity contribution is 7.91. The molecule has 0 aromatic carbocycles. The number of hydrogen-bond donors (Lipinski definition) is 2. The van der Waals surface area contributed by atoms with Gasteiger partial charge in [-0.15, -0.1) is 0 Å². The van der Waals surface area contributed by atoms with Gasteiger partial charge in [-0.1, -0.05) is 6.92 Å². The van der Waals surface area contributed by atoms with Gasteiger partial charge in [0, 0.05) is 12.3 Å². The van der Waals surface area contributed by atoms with Crippen molar-refractivity contribution in [2.75, 3.05) is 11.5 Å². The number of sulfone groups is 1. The lowest BCUT2D eigenvalue weighted by molar-refractivity contribution is 0.461. The first-order valence-electron chi connectivity index (χ1n) is 6.64. The summed E-state index contributed by atoms with van der Waals surface area (Å²) in [5, 5.41) is 4.37. The molecule has 110 valence electrons. The lowest BCUT2D eigenvalue weighted by atomic mass is 10.1. The molecule has 1 atom stereocenters. The number of rotatable bonds is 8. The quantitative estimate of drug-likeness (QED) is 0.548. The predicted molar refractivity (Wildman–Crippen MR) is 76.3 cm³/mol. The highest BCUT2D eigenvalue weighted by Gasteiger charge is 2.17. The van der Waals surface area contributed by atoms with Crippen LogP contribution in [0.2, 0.25) is 0 Å². The summed E-state index contributed by atoms with van der Waals surface area (Å²) < 4.78 is 24.8. The molecule has 7 heteroatoms. The van der Waals surface area contributed by atoms with Crippen molar-refractivity contribution in [1.29, 1.82) is 0 Å². The van der Waals surface area contributed by atoms with Gasteiger partial charge < -0.3 is 0 Å². The minimum absolute atomic E-state index is 0.0618. The summed E-state index contributed by atoms with van der Waals surface area (Å²) in [6.07, 6.45) is 1.28. The zero-order chi connectivity index (χ0) is 14.5. The first-order chi connectivity index (χ1) is 8.93. The minimum Gasteiger partial charge on any atom is -0.271 e. The summed E-state index contributed by atoms with van der Waals surface area (Å²) in [5.41, 5.74) is 4.71. The molecule has 1 aromatic heterocycles. The summed E-state index contributed by atoms with van der Waals surface area (Å²) >= 11 is 0. The van der Waals surface area contributed by atoms with Crippen LogP contribution in [0.25, 0.3) is 0 Å². The van der Waals surface area contributed by atoms with Gasteiger partial charge in [-0.25, -0.2) is 8.42 Å². The number of aromatic nitrogens is 2. The van der Waals surface area contributed by atoms with Gasteiger partial charge in [-0.05, 0) is 32.8 Å². The van der Waals surface area contributed by atoms with Crippen molar-refractivity contribution in [1.82, 2.24) is 15.2 Å². The fourth-order valence-corrected chi connectivity index (χ4v) is 2.96. The second kappa shape index (κ2) is 7.02. The molecule has 0 saturated heterocycles. The molecule has 1 heterocycles. The van der Waals surface area contributed by atoms with Gasteiger partial charge in [-0.2, -0.15) is 5.10 Å².